The molecular weight excluding hydrogens is 349 g/mol. The fourth-order valence-electron chi connectivity index (χ4n) is 3.42. The number of nitrogen functional groups attached to an aromatic ring is 1. The van der Waals surface area contributed by atoms with Crippen molar-refractivity contribution in [2.45, 2.75) is 13.5 Å². The van der Waals surface area contributed by atoms with Crippen LogP contribution in [0, 0.1) is 24.4 Å². The third-order valence-electron chi connectivity index (χ3n) is 4.69. The number of hydrogen-bond donors (Lipinski definition) is 1. The van der Waals surface area contributed by atoms with E-state index in [1.165, 1.54) is 18.2 Å². The number of nitrogens with zero attached hydrogens (tertiary/aromatic N) is 1. The highest BCUT2D eigenvalue weighted by Crippen LogP contribution is 2.33. The summed E-state index contributed by atoms with van der Waals surface area (Å²) < 4.78 is 43.0. The molecule has 4 aromatic rings. The number of benzene rings is 3. The average Bonchev–Trinajstić information content (AvgIpc) is 2.94. The van der Waals surface area contributed by atoms with Crippen molar-refractivity contribution in [3.63, 3.8) is 0 Å². The van der Waals surface area contributed by atoms with Gasteiger partial charge in [-0.15, -0.1) is 0 Å². The second kappa shape index (κ2) is 6.50. The molecule has 0 aliphatic heterocycles. The molecule has 3 aromatic carbocycles. The van der Waals surface area contributed by atoms with E-state index >= 15 is 0 Å². The van der Waals surface area contributed by atoms with Gasteiger partial charge in [0.1, 0.15) is 5.82 Å². The molecule has 0 bridgehead atoms. The maximum atomic E-state index is 14.3. The van der Waals surface area contributed by atoms with Gasteiger partial charge in [0.2, 0.25) is 0 Å². The van der Waals surface area contributed by atoms with Gasteiger partial charge in [-0.1, -0.05) is 18.2 Å². The largest absolute Gasteiger partial charge is 0.399 e. The van der Waals surface area contributed by atoms with E-state index in [9.17, 15) is 13.2 Å². The molecule has 0 aliphatic carbocycles. The van der Waals surface area contributed by atoms with Crippen LogP contribution in [0.2, 0.25) is 0 Å². The molecule has 0 saturated carbocycles. The minimum atomic E-state index is -0.884. The number of halogens is 3. The van der Waals surface area contributed by atoms with E-state index in [-0.39, 0.29) is 5.82 Å². The fourth-order valence-corrected chi connectivity index (χ4v) is 3.42. The van der Waals surface area contributed by atoms with Gasteiger partial charge in [0.05, 0.1) is 5.52 Å². The first kappa shape index (κ1) is 17.2. The lowest BCUT2D eigenvalue weighted by Crippen LogP contribution is -2.01. The molecule has 0 spiro atoms. The van der Waals surface area contributed by atoms with Crippen molar-refractivity contribution < 1.29 is 13.2 Å². The Morgan fingerprint density at radius 2 is 1.63 bits per heavy atom. The molecule has 0 radical (unpaired) electrons. The normalized spacial score (nSPS) is 11.3. The number of fused-ring (bicyclic) bond motifs is 1. The van der Waals surface area contributed by atoms with Gasteiger partial charge in [0.15, 0.2) is 11.6 Å². The summed E-state index contributed by atoms with van der Waals surface area (Å²) in [7, 11) is 0. The molecule has 2 nitrogen and oxygen atoms in total. The van der Waals surface area contributed by atoms with E-state index in [1.54, 1.807) is 18.2 Å². The minimum Gasteiger partial charge on any atom is -0.399 e. The summed E-state index contributed by atoms with van der Waals surface area (Å²) in [4.78, 5) is 0. The second-order valence-electron chi connectivity index (χ2n) is 6.66. The monoisotopic (exact) mass is 366 g/mol. The molecule has 1 aromatic heterocycles. The van der Waals surface area contributed by atoms with Crippen LogP contribution in [0.5, 0.6) is 0 Å². The molecule has 2 N–H and O–H groups in total. The zero-order valence-electron chi connectivity index (χ0n) is 14.6. The van der Waals surface area contributed by atoms with Gasteiger partial charge in [-0.3, -0.25) is 0 Å². The van der Waals surface area contributed by atoms with Crippen molar-refractivity contribution in [2.24, 2.45) is 0 Å². The van der Waals surface area contributed by atoms with Crippen LogP contribution in [-0.4, -0.2) is 4.57 Å². The van der Waals surface area contributed by atoms with Crippen LogP contribution in [0.4, 0.5) is 18.9 Å². The van der Waals surface area contributed by atoms with E-state index in [0.29, 0.717) is 17.8 Å². The van der Waals surface area contributed by atoms with Crippen molar-refractivity contribution in [1.82, 2.24) is 4.57 Å². The Morgan fingerprint density at radius 1 is 0.889 bits per heavy atom. The Kier molecular flexibility index (Phi) is 4.15. The third-order valence-corrected chi connectivity index (χ3v) is 4.69. The molecule has 1 heterocycles. The lowest BCUT2D eigenvalue weighted by atomic mass is 10.0. The third kappa shape index (κ3) is 3.16. The summed E-state index contributed by atoms with van der Waals surface area (Å²) in [6.07, 6.45) is 1.90. The summed E-state index contributed by atoms with van der Waals surface area (Å²) in [5.74, 6) is -2.09. The predicted octanol–water partition coefficient (Wildman–Crippen LogP) is 5.66. The minimum absolute atomic E-state index is 0.331. The van der Waals surface area contributed by atoms with Crippen molar-refractivity contribution >= 4 is 16.6 Å². The van der Waals surface area contributed by atoms with Gasteiger partial charge in [0.25, 0.3) is 0 Å². The van der Waals surface area contributed by atoms with Gasteiger partial charge >= 0.3 is 0 Å². The van der Waals surface area contributed by atoms with Gasteiger partial charge in [0, 0.05) is 29.4 Å². The summed E-state index contributed by atoms with van der Waals surface area (Å²) in [5, 5.41) is 0.782. The van der Waals surface area contributed by atoms with Crippen LogP contribution in [0.15, 0.2) is 60.8 Å². The highest BCUT2D eigenvalue weighted by Gasteiger charge is 2.15. The smallest absolute Gasteiger partial charge is 0.159 e. The van der Waals surface area contributed by atoms with Gasteiger partial charge < -0.3 is 10.3 Å². The molecule has 0 aliphatic rings. The van der Waals surface area contributed by atoms with Gasteiger partial charge in [-0.25, -0.2) is 13.2 Å². The molecule has 5 heteroatoms. The summed E-state index contributed by atoms with van der Waals surface area (Å²) >= 11 is 0. The molecule has 27 heavy (non-hydrogen) atoms. The zero-order chi connectivity index (χ0) is 19.1. The quantitative estimate of drug-likeness (QED) is 0.466. The molecule has 0 saturated heterocycles. The van der Waals surface area contributed by atoms with Crippen LogP contribution in [0.3, 0.4) is 0 Å². The number of hydrogen-bond acceptors (Lipinski definition) is 1. The molecule has 0 amide bonds. The Morgan fingerprint density at radius 3 is 2.33 bits per heavy atom. The molecule has 136 valence electrons. The lowest BCUT2D eigenvalue weighted by Gasteiger charge is -2.11. The number of rotatable bonds is 3. The van der Waals surface area contributed by atoms with E-state index in [0.717, 1.165) is 33.7 Å². The topological polar surface area (TPSA) is 30.9 Å². The zero-order valence-corrected chi connectivity index (χ0v) is 14.6. The van der Waals surface area contributed by atoms with Crippen LogP contribution in [0.1, 0.15) is 11.1 Å². The molecule has 0 fully saturated rings. The van der Waals surface area contributed by atoms with Crippen LogP contribution >= 0.6 is 0 Å². The first-order chi connectivity index (χ1) is 12.9. The summed E-state index contributed by atoms with van der Waals surface area (Å²) in [5.41, 5.74) is 10.3. The number of nitrogens with two attached hydrogens (primary N) is 1. The van der Waals surface area contributed by atoms with E-state index < -0.39 is 11.6 Å². The summed E-state index contributed by atoms with van der Waals surface area (Å²) in [6, 6.07) is 14.0. The number of aryl methyl sites for hydroxylation is 1. The fraction of sp³-hybridized carbons (Fsp3) is 0.0909. The SMILES string of the molecule is Cc1cn(Cc2ccc(F)c(F)c2)c2c(-c3ccc(N)cc3)cc(F)cc12. The van der Waals surface area contributed by atoms with Crippen LogP contribution < -0.4 is 5.73 Å². The van der Waals surface area contributed by atoms with Crippen LogP contribution in [-0.2, 0) is 6.54 Å². The van der Waals surface area contributed by atoms with Crippen LogP contribution in [0.25, 0.3) is 22.0 Å². The first-order valence-corrected chi connectivity index (χ1v) is 8.51. The lowest BCUT2D eigenvalue weighted by molar-refractivity contribution is 0.506. The maximum Gasteiger partial charge on any atom is 0.159 e. The van der Waals surface area contributed by atoms with Crippen molar-refractivity contribution in [2.75, 3.05) is 5.73 Å². The second-order valence-corrected chi connectivity index (χ2v) is 6.66. The van der Waals surface area contributed by atoms with Crippen molar-refractivity contribution in [3.05, 3.63) is 89.4 Å². The highest BCUT2D eigenvalue weighted by molar-refractivity contribution is 5.97. The number of aromatic nitrogens is 1. The van der Waals surface area contributed by atoms with E-state index in [2.05, 4.69) is 0 Å². The highest BCUT2D eigenvalue weighted by atomic mass is 19.2. The van der Waals surface area contributed by atoms with E-state index in [4.69, 9.17) is 5.73 Å². The predicted molar refractivity (Wildman–Crippen MR) is 102 cm³/mol. The molecule has 0 unspecified atom stereocenters. The Bertz CT molecular complexity index is 1140. The number of anilines is 1. The molecule has 0 atom stereocenters. The average molecular weight is 366 g/mol. The maximum absolute atomic E-state index is 14.3. The van der Waals surface area contributed by atoms with E-state index in [1.807, 2.05) is 29.8 Å². The van der Waals surface area contributed by atoms with Gasteiger partial charge in [-0.2, -0.15) is 0 Å². The molecule has 4 rings (SSSR count). The standard InChI is InChI=1S/C22H17F3N2/c1-13-11-27(12-14-2-7-20(24)21(25)8-14)22-18(13)9-16(23)10-19(22)15-3-5-17(26)6-4-15/h2-11H,12,26H2,1H3. The van der Waals surface area contributed by atoms with Gasteiger partial charge in [-0.05, 0) is 60.0 Å². The first-order valence-electron chi connectivity index (χ1n) is 8.51. The Hall–Kier alpha value is -3.21. The summed E-state index contributed by atoms with van der Waals surface area (Å²) in [6.45, 7) is 2.24. The van der Waals surface area contributed by atoms with Crippen molar-refractivity contribution in [1.29, 1.82) is 0 Å². The van der Waals surface area contributed by atoms with Crippen molar-refractivity contribution in [3.8, 4) is 11.1 Å². The molecular formula is C22H17F3N2. The Balaban J connectivity index is 1.90. The Labute approximate surface area is 154 Å².